The average Bonchev–Trinajstić information content (AvgIpc) is 3.10. The molecule has 48 heavy (non-hydrogen) atoms. The highest BCUT2D eigenvalue weighted by molar-refractivity contribution is 5.79. The van der Waals surface area contributed by atoms with E-state index in [0.29, 0.717) is 96.6 Å². The SMILES string of the molecule is COc1c2cc(C=O)cc1Cc1cc(C=O)cc(c1OC)CCCc1cc(C=O)cc(c1OC)Cc1cc(C=O)cc(c1OC)CCC2. The van der Waals surface area contributed by atoms with Crippen molar-refractivity contribution in [3.05, 3.63) is 115 Å². The molecule has 1 aliphatic carbocycles. The maximum Gasteiger partial charge on any atom is 0.150 e. The molecule has 1 aliphatic rings. The Hall–Kier alpha value is -5.24. The summed E-state index contributed by atoms with van der Waals surface area (Å²) >= 11 is 0. The molecule has 0 saturated heterocycles. The van der Waals surface area contributed by atoms with E-state index in [9.17, 15) is 19.2 Å². The Kier molecular flexibility index (Phi) is 11.1. The molecule has 0 saturated carbocycles. The monoisotopic (exact) mass is 648 g/mol. The van der Waals surface area contributed by atoms with Crippen molar-refractivity contribution in [3.8, 4) is 23.0 Å². The molecule has 0 amide bonds. The third-order valence-electron chi connectivity index (χ3n) is 8.97. The van der Waals surface area contributed by atoms with E-state index < -0.39 is 0 Å². The van der Waals surface area contributed by atoms with Gasteiger partial charge >= 0.3 is 0 Å². The second kappa shape index (κ2) is 15.6. The lowest BCUT2D eigenvalue weighted by atomic mass is 9.90. The number of aldehydes is 4. The van der Waals surface area contributed by atoms with E-state index in [1.165, 1.54) is 0 Å². The minimum Gasteiger partial charge on any atom is -0.496 e. The highest BCUT2D eigenvalue weighted by Gasteiger charge is 2.21. The molecule has 0 N–H and O–H groups in total. The summed E-state index contributed by atoms with van der Waals surface area (Å²) in [6.07, 6.45) is 7.82. The van der Waals surface area contributed by atoms with E-state index in [4.69, 9.17) is 18.9 Å². The van der Waals surface area contributed by atoms with Gasteiger partial charge in [-0.05, 0) is 132 Å². The van der Waals surface area contributed by atoms with E-state index in [2.05, 4.69) is 0 Å². The molecule has 8 nitrogen and oxygen atoms in total. The van der Waals surface area contributed by atoms with Crippen LogP contribution in [0.15, 0.2) is 48.5 Å². The predicted molar refractivity (Wildman–Crippen MR) is 183 cm³/mol. The fraction of sp³-hybridized carbons (Fsp3) is 0.300. The molecule has 8 heteroatoms. The highest BCUT2D eigenvalue weighted by atomic mass is 16.5. The quantitative estimate of drug-likeness (QED) is 0.192. The fourth-order valence-electron chi connectivity index (χ4n) is 7.06. The summed E-state index contributed by atoms with van der Waals surface area (Å²) < 4.78 is 23.8. The van der Waals surface area contributed by atoms with Gasteiger partial charge in [0.05, 0.1) is 28.4 Å². The molecule has 0 spiro atoms. The molecule has 0 heterocycles. The number of ether oxygens (including phenoxy) is 4. The van der Waals surface area contributed by atoms with Crippen molar-refractivity contribution >= 4 is 25.1 Å². The minimum absolute atomic E-state index is 0.382. The van der Waals surface area contributed by atoms with Gasteiger partial charge in [0.1, 0.15) is 48.1 Å². The van der Waals surface area contributed by atoms with Crippen LogP contribution < -0.4 is 18.9 Å². The second-order valence-electron chi connectivity index (χ2n) is 12.0. The van der Waals surface area contributed by atoms with Crippen LogP contribution in [0.1, 0.15) is 98.8 Å². The van der Waals surface area contributed by atoms with Crippen molar-refractivity contribution in [2.45, 2.75) is 51.4 Å². The maximum absolute atomic E-state index is 12.1. The van der Waals surface area contributed by atoms with Crippen molar-refractivity contribution in [1.82, 2.24) is 0 Å². The topological polar surface area (TPSA) is 105 Å². The van der Waals surface area contributed by atoms with E-state index in [0.717, 1.165) is 69.7 Å². The molecule has 5 rings (SSSR count). The van der Waals surface area contributed by atoms with Gasteiger partial charge in [-0.25, -0.2) is 0 Å². The van der Waals surface area contributed by atoms with Crippen LogP contribution in [0.5, 0.6) is 23.0 Å². The summed E-state index contributed by atoms with van der Waals surface area (Å²) in [5.41, 5.74) is 8.88. The van der Waals surface area contributed by atoms with Crippen LogP contribution in [-0.4, -0.2) is 53.6 Å². The minimum atomic E-state index is 0.382. The average molecular weight is 649 g/mol. The number of benzene rings is 4. The number of fused-ring (bicyclic) bond motifs is 8. The Bertz CT molecular complexity index is 1590. The van der Waals surface area contributed by atoms with Crippen LogP contribution in [0.3, 0.4) is 0 Å². The van der Waals surface area contributed by atoms with Gasteiger partial charge in [0.25, 0.3) is 0 Å². The molecule has 248 valence electrons. The summed E-state index contributed by atoms with van der Waals surface area (Å²) in [6, 6.07) is 14.7. The first-order valence-electron chi connectivity index (χ1n) is 16.0. The highest BCUT2D eigenvalue weighted by Crippen LogP contribution is 2.37. The second-order valence-corrected chi connectivity index (χ2v) is 12.0. The Morgan fingerprint density at radius 1 is 0.375 bits per heavy atom. The van der Waals surface area contributed by atoms with Crippen molar-refractivity contribution in [3.63, 3.8) is 0 Å². The van der Waals surface area contributed by atoms with Crippen molar-refractivity contribution < 1.29 is 38.1 Å². The van der Waals surface area contributed by atoms with Crippen LogP contribution in [0, 0.1) is 0 Å². The van der Waals surface area contributed by atoms with E-state index in [1.54, 1.807) is 28.4 Å². The van der Waals surface area contributed by atoms with Crippen LogP contribution >= 0.6 is 0 Å². The summed E-state index contributed by atoms with van der Waals surface area (Å²) in [7, 11) is 6.48. The number of methoxy groups -OCH3 is 4. The largest absolute Gasteiger partial charge is 0.496 e. The van der Waals surface area contributed by atoms with E-state index in [-0.39, 0.29) is 0 Å². The zero-order valence-electron chi connectivity index (χ0n) is 27.9. The van der Waals surface area contributed by atoms with E-state index in [1.807, 2.05) is 48.5 Å². The van der Waals surface area contributed by atoms with E-state index >= 15 is 0 Å². The molecular formula is C40H40O8. The van der Waals surface area contributed by atoms with Gasteiger partial charge in [-0.15, -0.1) is 0 Å². The molecule has 0 unspecified atom stereocenters. The van der Waals surface area contributed by atoms with Crippen LogP contribution in [0.2, 0.25) is 0 Å². The predicted octanol–water partition coefficient (Wildman–Crippen LogP) is 6.82. The van der Waals surface area contributed by atoms with Gasteiger partial charge in [0.15, 0.2) is 0 Å². The number of hydrogen-bond donors (Lipinski definition) is 0. The maximum atomic E-state index is 12.1. The third kappa shape index (κ3) is 7.18. The van der Waals surface area contributed by atoms with Crippen LogP contribution in [0.4, 0.5) is 0 Å². The molecule has 0 fully saturated rings. The lowest BCUT2D eigenvalue weighted by Gasteiger charge is -2.20. The number of carbonyl (C=O) groups excluding carboxylic acids is 4. The summed E-state index contributed by atoms with van der Waals surface area (Å²) in [6.45, 7) is 0. The standard InChI is InChI=1S/C40H40O8/c1-45-37-29-7-5-8-30-13-27(23-43)17-35(39(30)47-3)20-36-18-28(24-44)14-32(40(36)48-4)10-6-9-31-12-26(22-42)16-34(38(31)46-2)19-33(37)15-25(11-29)21-41/h11-18,21-24H,5-10,19-20H2,1-4H3. The van der Waals surface area contributed by atoms with Crippen LogP contribution in [0.25, 0.3) is 0 Å². The smallest absolute Gasteiger partial charge is 0.150 e. The van der Waals surface area contributed by atoms with Crippen LogP contribution in [-0.2, 0) is 38.5 Å². The summed E-state index contributed by atoms with van der Waals surface area (Å²) in [4.78, 5) is 48.3. The number of rotatable bonds is 8. The first kappa shape index (κ1) is 34.1. The first-order valence-corrected chi connectivity index (χ1v) is 16.0. The Morgan fingerprint density at radius 2 is 0.583 bits per heavy atom. The molecule has 4 aromatic carbocycles. The lowest BCUT2D eigenvalue weighted by molar-refractivity contribution is 0.111. The fourth-order valence-corrected chi connectivity index (χ4v) is 7.06. The van der Waals surface area contributed by atoms with Crippen molar-refractivity contribution in [1.29, 1.82) is 0 Å². The molecule has 0 radical (unpaired) electrons. The third-order valence-corrected chi connectivity index (χ3v) is 8.97. The first-order chi connectivity index (χ1) is 23.4. The van der Waals surface area contributed by atoms with Gasteiger partial charge in [-0.2, -0.15) is 0 Å². The molecule has 0 aromatic heterocycles. The Labute approximate surface area is 281 Å². The molecule has 0 atom stereocenters. The number of carbonyl (C=O) groups is 4. The van der Waals surface area contributed by atoms with Gasteiger partial charge in [0, 0.05) is 35.1 Å². The summed E-state index contributed by atoms with van der Waals surface area (Å²) in [5.74, 6) is 2.73. The van der Waals surface area contributed by atoms with Gasteiger partial charge in [-0.1, -0.05) is 0 Å². The summed E-state index contributed by atoms with van der Waals surface area (Å²) in [5, 5.41) is 0. The van der Waals surface area contributed by atoms with Gasteiger partial charge in [-0.3, -0.25) is 19.2 Å². The lowest BCUT2D eigenvalue weighted by Crippen LogP contribution is -2.07. The van der Waals surface area contributed by atoms with Crippen molar-refractivity contribution in [2.75, 3.05) is 28.4 Å². The normalized spacial score (nSPS) is 13.1. The van der Waals surface area contributed by atoms with Gasteiger partial charge < -0.3 is 18.9 Å². The number of aryl methyl sites for hydroxylation is 4. The molecule has 8 bridgehead atoms. The Morgan fingerprint density at radius 3 is 0.771 bits per heavy atom. The van der Waals surface area contributed by atoms with Crippen molar-refractivity contribution in [2.24, 2.45) is 0 Å². The number of hydrogen-bond acceptors (Lipinski definition) is 8. The molecule has 4 aromatic rings. The zero-order chi connectivity index (χ0) is 34.2. The van der Waals surface area contributed by atoms with Gasteiger partial charge in [0.2, 0.25) is 0 Å². The molecular weight excluding hydrogens is 608 g/mol. The zero-order valence-corrected chi connectivity index (χ0v) is 27.9. The Balaban J connectivity index is 1.70. The molecule has 0 aliphatic heterocycles.